The van der Waals surface area contributed by atoms with Gasteiger partial charge in [0.25, 0.3) is 0 Å². The number of hydrogen-bond acceptors (Lipinski definition) is 3. The molecule has 0 aliphatic heterocycles. The number of aliphatic hydroxyl groups excluding tert-OH is 2. The zero-order valence-corrected chi connectivity index (χ0v) is 13.8. The highest BCUT2D eigenvalue weighted by molar-refractivity contribution is 5.79. The summed E-state index contributed by atoms with van der Waals surface area (Å²) in [5.74, 6) is 3.18. The Morgan fingerprint density at radius 1 is 1.00 bits per heavy atom. The van der Waals surface area contributed by atoms with Gasteiger partial charge in [0.15, 0.2) is 0 Å². The summed E-state index contributed by atoms with van der Waals surface area (Å²) in [4.78, 5) is 11.9. The normalized spacial score (nSPS) is 51.3. The topological polar surface area (TPSA) is 57.5 Å². The van der Waals surface area contributed by atoms with Crippen LogP contribution in [0.25, 0.3) is 0 Å². The standard InChI is InChI=1S/C19H28O3/c1-18-7-5-12(20)9-11(18)3-4-13-14(18)6-8-19(2)15(13)10-16(21)17(19)22/h11,13-15,21-22H,3-10H2,1-2H3/t11-,13+,14-,15-,18-,19-/m0/s1. The Labute approximate surface area is 132 Å². The second kappa shape index (κ2) is 4.52. The molecule has 4 aliphatic rings. The van der Waals surface area contributed by atoms with E-state index in [-0.39, 0.29) is 16.9 Å². The van der Waals surface area contributed by atoms with Crippen LogP contribution in [0.4, 0.5) is 0 Å². The first-order chi connectivity index (χ1) is 10.4. The Morgan fingerprint density at radius 2 is 1.77 bits per heavy atom. The maximum atomic E-state index is 11.9. The van der Waals surface area contributed by atoms with Crippen LogP contribution in [0.15, 0.2) is 11.5 Å². The van der Waals surface area contributed by atoms with Gasteiger partial charge in [-0.25, -0.2) is 0 Å². The summed E-state index contributed by atoms with van der Waals surface area (Å²) in [6.45, 7) is 4.57. The molecule has 0 heterocycles. The Morgan fingerprint density at radius 3 is 2.55 bits per heavy atom. The van der Waals surface area contributed by atoms with Crippen LogP contribution in [0.5, 0.6) is 0 Å². The van der Waals surface area contributed by atoms with Gasteiger partial charge in [0.1, 0.15) is 17.3 Å². The zero-order chi connectivity index (χ0) is 15.7. The maximum Gasteiger partial charge on any atom is 0.136 e. The average molecular weight is 304 g/mol. The van der Waals surface area contributed by atoms with Crippen LogP contribution in [0.2, 0.25) is 0 Å². The molecule has 0 amide bonds. The molecule has 0 aromatic rings. The molecule has 3 heteroatoms. The molecular weight excluding hydrogens is 276 g/mol. The summed E-state index contributed by atoms with van der Waals surface area (Å²) < 4.78 is 0. The molecule has 3 saturated carbocycles. The predicted octanol–water partition coefficient (Wildman–Crippen LogP) is 4.54. The van der Waals surface area contributed by atoms with Crippen molar-refractivity contribution in [1.29, 1.82) is 0 Å². The van der Waals surface area contributed by atoms with Crippen LogP contribution in [-0.4, -0.2) is 16.0 Å². The van der Waals surface area contributed by atoms with E-state index in [9.17, 15) is 15.0 Å². The van der Waals surface area contributed by atoms with Crippen LogP contribution < -0.4 is 0 Å². The molecule has 4 rings (SSSR count). The highest BCUT2D eigenvalue weighted by Gasteiger charge is 2.60. The Kier molecular flexibility index (Phi) is 3.00. The largest absolute Gasteiger partial charge is 0.509 e. The van der Waals surface area contributed by atoms with Crippen LogP contribution in [0, 0.1) is 34.5 Å². The van der Waals surface area contributed by atoms with E-state index in [4.69, 9.17) is 0 Å². The van der Waals surface area contributed by atoms with Crippen molar-refractivity contribution in [2.75, 3.05) is 0 Å². The average Bonchev–Trinajstić information content (AvgIpc) is 2.72. The minimum absolute atomic E-state index is 0.209. The van der Waals surface area contributed by atoms with Crippen LogP contribution in [-0.2, 0) is 4.79 Å². The molecule has 0 aromatic carbocycles. The van der Waals surface area contributed by atoms with Gasteiger partial charge >= 0.3 is 0 Å². The summed E-state index contributed by atoms with van der Waals surface area (Å²) in [7, 11) is 0. The second-order valence-corrected chi connectivity index (χ2v) is 8.86. The van der Waals surface area contributed by atoms with Gasteiger partial charge in [-0.3, -0.25) is 4.79 Å². The minimum Gasteiger partial charge on any atom is -0.509 e. The lowest BCUT2D eigenvalue weighted by molar-refractivity contribution is -0.138. The van der Waals surface area contributed by atoms with E-state index in [0.717, 1.165) is 38.5 Å². The highest BCUT2D eigenvalue weighted by Crippen LogP contribution is 2.66. The minimum atomic E-state index is -0.209. The summed E-state index contributed by atoms with van der Waals surface area (Å²) in [6, 6.07) is 0. The van der Waals surface area contributed by atoms with E-state index in [1.54, 1.807) is 0 Å². The van der Waals surface area contributed by atoms with Gasteiger partial charge < -0.3 is 10.2 Å². The second-order valence-electron chi connectivity index (χ2n) is 8.86. The first-order valence-corrected chi connectivity index (χ1v) is 8.99. The molecule has 6 atom stereocenters. The van der Waals surface area contributed by atoms with Gasteiger partial charge in [-0.2, -0.15) is 0 Å². The van der Waals surface area contributed by atoms with Crippen molar-refractivity contribution in [3.63, 3.8) is 0 Å². The van der Waals surface area contributed by atoms with Crippen molar-refractivity contribution >= 4 is 5.78 Å². The Bertz CT molecular complexity index is 551. The molecule has 22 heavy (non-hydrogen) atoms. The number of fused-ring (bicyclic) bond motifs is 5. The summed E-state index contributed by atoms with van der Waals surface area (Å²) in [5.41, 5.74) is 0.0882. The third-order valence-electron chi connectivity index (χ3n) is 8.10. The molecule has 0 unspecified atom stereocenters. The molecule has 3 nitrogen and oxygen atoms in total. The first-order valence-electron chi connectivity index (χ1n) is 8.99. The number of ketones is 1. The zero-order valence-electron chi connectivity index (χ0n) is 13.8. The fourth-order valence-electron chi connectivity index (χ4n) is 6.67. The maximum absolute atomic E-state index is 11.9. The van der Waals surface area contributed by atoms with Gasteiger partial charge in [0, 0.05) is 24.7 Å². The van der Waals surface area contributed by atoms with E-state index in [1.165, 1.54) is 6.42 Å². The van der Waals surface area contributed by atoms with Crippen molar-refractivity contribution in [2.45, 2.75) is 65.2 Å². The van der Waals surface area contributed by atoms with Gasteiger partial charge in [-0.15, -0.1) is 0 Å². The molecule has 0 saturated heterocycles. The van der Waals surface area contributed by atoms with Crippen molar-refractivity contribution in [3.05, 3.63) is 11.5 Å². The van der Waals surface area contributed by atoms with Crippen molar-refractivity contribution < 1.29 is 15.0 Å². The quantitative estimate of drug-likeness (QED) is 0.691. The monoisotopic (exact) mass is 304 g/mol. The lowest BCUT2D eigenvalue weighted by Crippen LogP contribution is -2.53. The van der Waals surface area contributed by atoms with Gasteiger partial charge in [0.2, 0.25) is 0 Å². The van der Waals surface area contributed by atoms with E-state index < -0.39 is 0 Å². The van der Waals surface area contributed by atoms with Gasteiger partial charge in [0.05, 0.1) is 0 Å². The van der Waals surface area contributed by atoms with Gasteiger partial charge in [-0.05, 0) is 61.2 Å². The first kappa shape index (κ1) is 14.6. The summed E-state index contributed by atoms with van der Waals surface area (Å²) in [5, 5.41) is 20.5. The smallest absolute Gasteiger partial charge is 0.136 e. The molecule has 0 spiro atoms. The Balaban J connectivity index is 1.65. The molecular formula is C19H28O3. The molecule has 122 valence electrons. The number of carbonyl (C=O) groups is 1. The predicted molar refractivity (Wildman–Crippen MR) is 84.4 cm³/mol. The van der Waals surface area contributed by atoms with Gasteiger partial charge in [-0.1, -0.05) is 13.8 Å². The Hall–Kier alpha value is -0.990. The van der Waals surface area contributed by atoms with E-state index in [2.05, 4.69) is 13.8 Å². The van der Waals surface area contributed by atoms with Crippen LogP contribution in [0.1, 0.15) is 65.2 Å². The van der Waals surface area contributed by atoms with Crippen LogP contribution in [0.3, 0.4) is 0 Å². The third kappa shape index (κ3) is 1.71. The molecule has 2 N–H and O–H groups in total. The number of carbonyl (C=O) groups excluding carboxylic acids is 1. The fraction of sp³-hybridized carbons (Fsp3) is 0.842. The number of allylic oxidation sites excluding steroid dienone is 2. The van der Waals surface area contributed by atoms with E-state index >= 15 is 0 Å². The van der Waals surface area contributed by atoms with Crippen molar-refractivity contribution in [1.82, 2.24) is 0 Å². The molecule has 4 aliphatic carbocycles. The fourth-order valence-corrected chi connectivity index (χ4v) is 6.67. The van der Waals surface area contributed by atoms with E-state index in [1.807, 2.05) is 0 Å². The molecule has 3 fully saturated rings. The summed E-state index contributed by atoms with van der Waals surface area (Å²) in [6.07, 6.45) is 7.68. The van der Waals surface area contributed by atoms with Crippen molar-refractivity contribution in [3.8, 4) is 0 Å². The number of aliphatic hydroxyl groups is 2. The number of Topliss-reactive ketones (excluding diaryl/α,β-unsaturated/α-hetero) is 1. The third-order valence-corrected chi connectivity index (χ3v) is 8.10. The van der Waals surface area contributed by atoms with E-state index in [0.29, 0.717) is 41.3 Å². The van der Waals surface area contributed by atoms with Crippen molar-refractivity contribution in [2.24, 2.45) is 34.5 Å². The molecule has 0 radical (unpaired) electrons. The SMILES string of the molecule is C[C@]12CCC(=O)C[C@@H]1CC[C@@H]1[C@@H]2CC[C@]2(C)C(O)=C(O)C[C@@H]12. The lowest BCUT2D eigenvalue weighted by atomic mass is 9.45. The number of hydrogen-bond donors (Lipinski definition) is 2. The highest BCUT2D eigenvalue weighted by atomic mass is 16.3. The van der Waals surface area contributed by atoms with Crippen LogP contribution >= 0.6 is 0 Å². The molecule has 0 bridgehead atoms. The molecule has 0 aromatic heterocycles. The number of rotatable bonds is 0. The lowest BCUT2D eigenvalue weighted by Gasteiger charge is -2.59. The summed E-state index contributed by atoms with van der Waals surface area (Å²) >= 11 is 0.